The van der Waals surface area contributed by atoms with E-state index in [1.54, 1.807) is 0 Å². The first-order chi connectivity index (χ1) is 17.2. The van der Waals surface area contributed by atoms with Gasteiger partial charge in [0.2, 0.25) is 11.9 Å². The number of nitrogens with one attached hydrogen (secondary N) is 2. The van der Waals surface area contributed by atoms with Crippen LogP contribution >= 0.6 is 0 Å². The second-order valence-corrected chi connectivity index (χ2v) is 7.37. The normalized spacial score (nSPS) is 11.6. The zero-order valence-corrected chi connectivity index (χ0v) is 18.7. The molecule has 0 aliphatic rings. The largest absolute Gasteiger partial charge is 0.441 e. The second-order valence-electron chi connectivity index (χ2n) is 7.37. The summed E-state index contributed by atoms with van der Waals surface area (Å²) in [4.78, 5) is 35.6. The summed E-state index contributed by atoms with van der Waals surface area (Å²) in [5.41, 5.74) is 0.629. The van der Waals surface area contributed by atoms with E-state index >= 15 is 0 Å². The zero-order chi connectivity index (χ0) is 25.8. The molecule has 184 valence electrons. The number of carbonyl (C=O) groups is 2. The predicted molar refractivity (Wildman–Crippen MR) is 119 cm³/mol. The van der Waals surface area contributed by atoms with Gasteiger partial charge in [0.25, 0.3) is 5.91 Å². The van der Waals surface area contributed by atoms with Crippen molar-refractivity contribution in [3.8, 4) is 11.4 Å². The van der Waals surface area contributed by atoms with Crippen molar-refractivity contribution in [3.05, 3.63) is 77.8 Å². The molecule has 0 unspecified atom stereocenters. The molecule has 2 N–H and O–H groups in total. The Hall–Kier alpha value is -4.88. The zero-order valence-electron chi connectivity index (χ0n) is 18.7. The van der Waals surface area contributed by atoms with Gasteiger partial charge >= 0.3 is 6.09 Å². The summed E-state index contributed by atoms with van der Waals surface area (Å²) in [6, 6.07) is 6.27. The number of aryl methyl sites for hydroxylation is 1. The molecular weight excluding hydrogens is 481 g/mol. The van der Waals surface area contributed by atoms with Crippen LogP contribution in [-0.2, 0) is 11.8 Å². The van der Waals surface area contributed by atoms with Crippen molar-refractivity contribution in [2.75, 3.05) is 10.6 Å². The molecule has 11 nitrogen and oxygen atoms in total. The van der Waals surface area contributed by atoms with Gasteiger partial charge in [-0.2, -0.15) is 8.78 Å². The number of anilines is 2. The fraction of sp³-hybridized carbons (Fsp3) is 0.136. The molecular formula is C22H17F3N8O3. The molecule has 36 heavy (non-hydrogen) atoms. The van der Waals surface area contributed by atoms with Gasteiger partial charge in [-0.15, -0.1) is 5.10 Å². The molecule has 0 spiro atoms. The molecule has 1 atom stereocenters. The Balaban J connectivity index is 1.46. The van der Waals surface area contributed by atoms with Crippen LogP contribution in [0.4, 0.5) is 29.5 Å². The van der Waals surface area contributed by atoms with Gasteiger partial charge in [0.15, 0.2) is 11.5 Å². The molecule has 14 heteroatoms. The molecule has 0 aliphatic carbocycles. The Bertz CT molecular complexity index is 1430. The molecule has 0 aromatic carbocycles. The van der Waals surface area contributed by atoms with E-state index in [0.29, 0.717) is 17.6 Å². The lowest BCUT2D eigenvalue weighted by Crippen LogP contribution is -2.19. The topological polar surface area (TPSA) is 137 Å². The third kappa shape index (κ3) is 5.43. The van der Waals surface area contributed by atoms with E-state index in [1.807, 2.05) is 0 Å². The summed E-state index contributed by atoms with van der Waals surface area (Å²) in [5, 5.41) is 12.9. The van der Waals surface area contributed by atoms with E-state index in [-0.39, 0.29) is 22.6 Å². The van der Waals surface area contributed by atoms with Crippen molar-refractivity contribution in [1.82, 2.24) is 29.9 Å². The number of ether oxygens (including phenoxy) is 1. The summed E-state index contributed by atoms with van der Waals surface area (Å²) in [6.07, 6.45) is 1.09. The minimum Gasteiger partial charge on any atom is -0.441 e. The molecule has 2 amide bonds. The Morgan fingerprint density at radius 1 is 1.03 bits per heavy atom. The molecule has 0 aliphatic heterocycles. The molecule has 4 aromatic heterocycles. The highest BCUT2D eigenvalue weighted by molar-refractivity contribution is 6.04. The first kappa shape index (κ1) is 24.3. The Kier molecular flexibility index (Phi) is 6.85. The summed E-state index contributed by atoms with van der Waals surface area (Å²) in [7, 11) is 1.51. The standard InChI is InChI=1S/C22H17F3N8O3/c1-11(15-8-13(23)9-28-19(15)25)36-22(35)30-20-18(31-32-33(20)2)16-4-3-14(10-27-16)29-21(34)12-5-6-26-17(24)7-12/h3-11H,1-2H3,(H,29,34)(H,30,35)/t11-/m1/s1. The maximum atomic E-state index is 13.9. The van der Waals surface area contributed by atoms with Crippen LogP contribution in [0.3, 0.4) is 0 Å². The third-order valence-corrected chi connectivity index (χ3v) is 4.85. The van der Waals surface area contributed by atoms with E-state index in [1.165, 1.54) is 49.2 Å². The lowest BCUT2D eigenvalue weighted by molar-refractivity contribution is 0.102. The fourth-order valence-corrected chi connectivity index (χ4v) is 3.10. The highest BCUT2D eigenvalue weighted by Crippen LogP contribution is 2.26. The van der Waals surface area contributed by atoms with E-state index in [9.17, 15) is 22.8 Å². The number of hydrogen-bond donors (Lipinski definition) is 2. The molecule has 4 rings (SSSR count). The predicted octanol–water partition coefficient (Wildman–Crippen LogP) is 3.65. The monoisotopic (exact) mass is 498 g/mol. The maximum absolute atomic E-state index is 13.9. The number of carbonyl (C=O) groups excluding carboxylic acids is 2. The van der Waals surface area contributed by atoms with Gasteiger partial charge in [0.05, 0.1) is 29.3 Å². The van der Waals surface area contributed by atoms with Crippen molar-refractivity contribution >= 4 is 23.5 Å². The third-order valence-electron chi connectivity index (χ3n) is 4.85. The molecule has 0 bridgehead atoms. The van der Waals surface area contributed by atoms with Crippen LogP contribution in [-0.4, -0.2) is 41.9 Å². The van der Waals surface area contributed by atoms with Gasteiger partial charge < -0.3 is 10.1 Å². The van der Waals surface area contributed by atoms with Crippen LogP contribution in [0, 0.1) is 17.7 Å². The summed E-state index contributed by atoms with van der Waals surface area (Å²) >= 11 is 0. The average Bonchev–Trinajstić information content (AvgIpc) is 3.20. The lowest BCUT2D eigenvalue weighted by Gasteiger charge is -2.15. The van der Waals surface area contributed by atoms with E-state index in [0.717, 1.165) is 12.1 Å². The van der Waals surface area contributed by atoms with Crippen LogP contribution < -0.4 is 10.6 Å². The van der Waals surface area contributed by atoms with Gasteiger partial charge in [-0.1, -0.05) is 5.21 Å². The van der Waals surface area contributed by atoms with E-state index < -0.39 is 35.8 Å². The molecule has 0 fully saturated rings. The Morgan fingerprint density at radius 2 is 1.83 bits per heavy atom. The second kappa shape index (κ2) is 10.2. The quantitative estimate of drug-likeness (QED) is 0.385. The number of pyridine rings is 3. The van der Waals surface area contributed by atoms with E-state index in [4.69, 9.17) is 4.74 Å². The fourth-order valence-electron chi connectivity index (χ4n) is 3.10. The average molecular weight is 498 g/mol. The number of hydrogen-bond acceptors (Lipinski definition) is 8. The number of halogens is 3. The summed E-state index contributed by atoms with van der Waals surface area (Å²) < 4.78 is 46.9. The minimum absolute atomic E-state index is 0.0774. The van der Waals surface area contributed by atoms with Crippen molar-refractivity contribution in [1.29, 1.82) is 0 Å². The first-order valence-electron chi connectivity index (χ1n) is 10.3. The number of aromatic nitrogens is 6. The van der Waals surface area contributed by atoms with Crippen LogP contribution in [0.1, 0.15) is 28.9 Å². The van der Waals surface area contributed by atoms with Crippen LogP contribution in [0.25, 0.3) is 11.4 Å². The van der Waals surface area contributed by atoms with Crippen LogP contribution in [0.2, 0.25) is 0 Å². The van der Waals surface area contributed by atoms with Crippen LogP contribution in [0.5, 0.6) is 0 Å². The van der Waals surface area contributed by atoms with Gasteiger partial charge in [-0.25, -0.2) is 23.8 Å². The first-order valence-corrected chi connectivity index (χ1v) is 10.3. The van der Waals surface area contributed by atoms with Crippen molar-refractivity contribution in [3.63, 3.8) is 0 Å². The Labute approximate surface area is 201 Å². The lowest BCUT2D eigenvalue weighted by atomic mass is 10.2. The number of nitrogens with zero attached hydrogens (tertiary/aromatic N) is 6. The van der Waals surface area contributed by atoms with Crippen molar-refractivity contribution in [2.45, 2.75) is 13.0 Å². The van der Waals surface area contributed by atoms with Crippen LogP contribution in [0.15, 0.2) is 48.9 Å². The molecule has 0 saturated carbocycles. The van der Waals surface area contributed by atoms with Gasteiger partial charge in [0, 0.05) is 24.9 Å². The smallest absolute Gasteiger partial charge is 0.413 e. The maximum Gasteiger partial charge on any atom is 0.413 e. The number of amides is 2. The molecule has 0 saturated heterocycles. The SMILES string of the molecule is C[C@@H](OC(=O)Nc1c(-c2ccc(NC(=O)c3ccnc(F)c3)cn2)nnn1C)c1cc(F)cnc1F. The Morgan fingerprint density at radius 3 is 2.56 bits per heavy atom. The van der Waals surface area contributed by atoms with Crippen molar-refractivity contribution in [2.24, 2.45) is 7.05 Å². The summed E-state index contributed by atoms with van der Waals surface area (Å²) in [5.74, 6) is -2.98. The molecule has 0 radical (unpaired) electrons. The van der Waals surface area contributed by atoms with Gasteiger partial charge in [-0.05, 0) is 31.2 Å². The van der Waals surface area contributed by atoms with Crippen molar-refractivity contribution < 1.29 is 27.5 Å². The highest BCUT2D eigenvalue weighted by atomic mass is 19.1. The molecule has 4 aromatic rings. The minimum atomic E-state index is -1.15. The highest BCUT2D eigenvalue weighted by Gasteiger charge is 2.21. The van der Waals surface area contributed by atoms with E-state index in [2.05, 4.69) is 35.9 Å². The number of rotatable bonds is 6. The van der Waals surface area contributed by atoms with Gasteiger partial charge in [0.1, 0.15) is 11.9 Å². The molecule has 4 heterocycles. The van der Waals surface area contributed by atoms with Gasteiger partial charge in [-0.3, -0.25) is 15.1 Å². The summed E-state index contributed by atoms with van der Waals surface area (Å²) in [6.45, 7) is 1.36.